The van der Waals surface area contributed by atoms with E-state index in [1.165, 1.54) is 38.5 Å². The minimum atomic E-state index is -0.852. The van der Waals surface area contributed by atoms with Gasteiger partial charge in [0.2, 0.25) is 0 Å². The molecule has 1 rings (SSSR count). The van der Waals surface area contributed by atoms with Crippen molar-refractivity contribution in [3.63, 3.8) is 0 Å². The Morgan fingerprint density at radius 1 is 1.00 bits per heavy atom. The summed E-state index contributed by atoms with van der Waals surface area (Å²) < 4.78 is 5.36. The maximum absolute atomic E-state index is 12.1. The van der Waals surface area contributed by atoms with Gasteiger partial charge in [0.1, 0.15) is 0 Å². The predicted molar refractivity (Wildman–Crippen MR) is 95.8 cm³/mol. The maximum Gasteiger partial charge on any atom is 0.309 e. The topological polar surface area (TPSA) is 63.6 Å². The molecule has 3 unspecified atom stereocenters. The molecule has 0 radical (unpaired) electrons. The van der Waals surface area contributed by atoms with Crippen molar-refractivity contribution in [2.45, 2.75) is 90.9 Å². The average Bonchev–Trinajstić information content (AvgIpc) is 2.60. The Kier molecular flexibility index (Phi) is 10.8. The number of esters is 1. The summed E-state index contributed by atoms with van der Waals surface area (Å²) in [5, 5.41) is 9.23. The molecule has 24 heavy (non-hydrogen) atoms. The molecule has 0 bridgehead atoms. The lowest BCUT2D eigenvalue weighted by Gasteiger charge is -2.26. The zero-order valence-corrected chi connectivity index (χ0v) is 15.6. The van der Waals surface area contributed by atoms with Gasteiger partial charge in [-0.05, 0) is 25.2 Å². The van der Waals surface area contributed by atoms with Gasteiger partial charge in [-0.3, -0.25) is 9.59 Å². The quantitative estimate of drug-likeness (QED) is 0.392. The summed E-state index contributed by atoms with van der Waals surface area (Å²) in [5.74, 6) is -1.29. The first-order valence-corrected chi connectivity index (χ1v) is 9.99. The fourth-order valence-corrected chi connectivity index (χ4v) is 3.75. The van der Waals surface area contributed by atoms with E-state index in [1.54, 1.807) is 0 Å². The standard InChI is InChI=1S/C20H36O4/c1-3-5-11-16(4-2)12-7-6-10-15-24-20(23)18-14-9-8-13-17(18)19(21)22/h16-18H,3-15H2,1-2H3,(H,21,22). The lowest BCUT2D eigenvalue weighted by Crippen LogP contribution is -2.33. The molecule has 1 saturated carbocycles. The number of hydrogen-bond donors (Lipinski definition) is 1. The van der Waals surface area contributed by atoms with Crippen LogP contribution in [0.1, 0.15) is 90.9 Å². The van der Waals surface area contributed by atoms with Crippen molar-refractivity contribution in [2.24, 2.45) is 17.8 Å². The molecule has 0 aromatic rings. The van der Waals surface area contributed by atoms with E-state index in [2.05, 4.69) is 13.8 Å². The van der Waals surface area contributed by atoms with Gasteiger partial charge in [-0.2, -0.15) is 0 Å². The molecule has 1 fully saturated rings. The Labute approximate surface area is 147 Å². The zero-order valence-electron chi connectivity index (χ0n) is 15.6. The lowest BCUT2D eigenvalue weighted by molar-refractivity contribution is -0.159. The SMILES string of the molecule is CCCCC(CC)CCCCCOC(=O)C1CCCCC1C(=O)O. The number of ether oxygens (including phenoxy) is 1. The van der Waals surface area contributed by atoms with Gasteiger partial charge in [-0.15, -0.1) is 0 Å². The summed E-state index contributed by atoms with van der Waals surface area (Å²) in [6, 6.07) is 0. The fourth-order valence-electron chi connectivity index (χ4n) is 3.75. The molecule has 0 spiro atoms. The second kappa shape index (κ2) is 12.3. The highest BCUT2D eigenvalue weighted by Gasteiger charge is 2.36. The van der Waals surface area contributed by atoms with Crippen molar-refractivity contribution in [1.29, 1.82) is 0 Å². The van der Waals surface area contributed by atoms with Gasteiger partial charge in [0.25, 0.3) is 0 Å². The van der Waals surface area contributed by atoms with Gasteiger partial charge >= 0.3 is 11.9 Å². The van der Waals surface area contributed by atoms with E-state index in [0.717, 1.165) is 31.6 Å². The number of carboxylic acids is 1. The largest absolute Gasteiger partial charge is 0.481 e. The van der Waals surface area contributed by atoms with Crippen LogP contribution in [0.25, 0.3) is 0 Å². The van der Waals surface area contributed by atoms with E-state index >= 15 is 0 Å². The van der Waals surface area contributed by atoms with E-state index in [1.807, 2.05) is 0 Å². The van der Waals surface area contributed by atoms with Crippen LogP contribution in [0.2, 0.25) is 0 Å². The van der Waals surface area contributed by atoms with Gasteiger partial charge in [-0.25, -0.2) is 0 Å². The smallest absolute Gasteiger partial charge is 0.309 e. The fraction of sp³-hybridized carbons (Fsp3) is 0.900. The molecule has 0 aromatic carbocycles. The highest BCUT2D eigenvalue weighted by Crippen LogP contribution is 2.31. The third-order valence-electron chi connectivity index (χ3n) is 5.43. The first-order valence-electron chi connectivity index (χ1n) is 9.99. The van der Waals surface area contributed by atoms with Crippen molar-refractivity contribution >= 4 is 11.9 Å². The molecule has 0 saturated heterocycles. The third-order valence-corrected chi connectivity index (χ3v) is 5.43. The summed E-state index contributed by atoms with van der Waals surface area (Å²) in [6.07, 6.45) is 12.7. The Hall–Kier alpha value is -1.06. The normalized spacial score (nSPS) is 22.1. The molecule has 0 heterocycles. The maximum atomic E-state index is 12.1. The molecule has 4 nitrogen and oxygen atoms in total. The summed E-state index contributed by atoms with van der Waals surface area (Å²) >= 11 is 0. The van der Waals surface area contributed by atoms with Gasteiger partial charge in [0, 0.05) is 0 Å². The molecule has 1 N–H and O–H groups in total. The molecule has 1 aliphatic carbocycles. The van der Waals surface area contributed by atoms with Crippen LogP contribution in [-0.4, -0.2) is 23.7 Å². The summed E-state index contributed by atoms with van der Waals surface area (Å²) in [5.41, 5.74) is 0. The Morgan fingerprint density at radius 2 is 1.67 bits per heavy atom. The van der Waals surface area contributed by atoms with Gasteiger partial charge in [0.15, 0.2) is 0 Å². The molecule has 0 aromatic heterocycles. The lowest BCUT2D eigenvalue weighted by atomic mass is 9.79. The summed E-state index contributed by atoms with van der Waals surface area (Å²) in [6.45, 7) is 4.95. The van der Waals surface area contributed by atoms with Gasteiger partial charge < -0.3 is 9.84 Å². The minimum absolute atomic E-state index is 0.295. The molecule has 140 valence electrons. The van der Waals surface area contributed by atoms with Crippen molar-refractivity contribution in [3.8, 4) is 0 Å². The van der Waals surface area contributed by atoms with E-state index in [-0.39, 0.29) is 5.97 Å². The number of hydrogen-bond acceptors (Lipinski definition) is 3. The highest BCUT2D eigenvalue weighted by atomic mass is 16.5. The number of rotatable bonds is 12. The van der Waals surface area contributed by atoms with E-state index < -0.39 is 17.8 Å². The number of unbranched alkanes of at least 4 members (excludes halogenated alkanes) is 3. The van der Waals surface area contributed by atoms with Gasteiger partial charge in [0.05, 0.1) is 18.4 Å². The van der Waals surface area contributed by atoms with E-state index in [4.69, 9.17) is 4.74 Å². The van der Waals surface area contributed by atoms with Crippen LogP contribution in [0.4, 0.5) is 0 Å². The van der Waals surface area contributed by atoms with Crippen LogP contribution in [0.3, 0.4) is 0 Å². The van der Waals surface area contributed by atoms with E-state index in [0.29, 0.717) is 19.4 Å². The van der Waals surface area contributed by atoms with Crippen LogP contribution in [0.15, 0.2) is 0 Å². The number of carboxylic acid groups (broad SMARTS) is 1. The van der Waals surface area contributed by atoms with Crippen molar-refractivity contribution in [2.75, 3.05) is 6.61 Å². The molecule has 4 heteroatoms. The van der Waals surface area contributed by atoms with Gasteiger partial charge in [-0.1, -0.05) is 71.6 Å². The Balaban J connectivity index is 2.15. The molecular weight excluding hydrogens is 304 g/mol. The first-order chi connectivity index (χ1) is 11.6. The Morgan fingerprint density at radius 3 is 2.29 bits per heavy atom. The first kappa shape index (κ1) is 21.0. The van der Waals surface area contributed by atoms with Crippen LogP contribution < -0.4 is 0 Å². The molecule has 0 aliphatic heterocycles. The van der Waals surface area contributed by atoms with Crippen molar-refractivity contribution in [1.82, 2.24) is 0 Å². The molecule has 3 atom stereocenters. The number of aliphatic carboxylic acids is 1. The molecule has 0 amide bonds. The molecular formula is C20H36O4. The second-order valence-electron chi connectivity index (χ2n) is 7.27. The Bertz CT molecular complexity index is 367. The predicted octanol–water partition coefficient (Wildman–Crippen LogP) is 5.20. The summed E-state index contributed by atoms with van der Waals surface area (Å²) in [7, 11) is 0. The van der Waals surface area contributed by atoms with Crippen LogP contribution in [0.5, 0.6) is 0 Å². The number of carbonyl (C=O) groups is 2. The van der Waals surface area contributed by atoms with E-state index in [9.17, 15) is 14.7 Å². The highest BCUT2D eigenvalue weighted by molar-refractivity contribution is 5.81. The van der Waals surface area contributed by atoms with Crippen molar-refractivity contribution in [3.05, 3.63) is 0 Å². The summed E-state index contributed by atoms with van der Waals surface area (Å²) in [4.78, 5) is 23.4. The second-order valence-corrected chi connectivity index (χ2v) is 7.27. The van der Waals surface area contributed by atoms with Crippen LogP contribution in [-0.2, 0) is 14.3 Å². The minimum Gasteiger partial charge on any atom is -0.481 e. The average molecular weight is 341 g/mol. The van der Waals surface area contributed by atoms with Crippen LogP contribution >= 0.6 is 0 Å². The van der Waals surface area contributed by atoms with Crippen molar-refractivity contribution < 1.29 is 19.4 Å². The molecule has 1 aliphatic rings. The monoisotopic (exact) mass is 340 g/mol. The number of carbonyl (C=O) groups excluding carboxylic acids is 1. The zero-order chi connectivity index (χ0) is 17.8. The van der Waals surface area contributed by atoms with Crippen LogP contribution in [0, 0.1) is 17.8 Å². The third kappa shape index (κ3) is 7.67.